The lowest BCUT2D eigenvalue weighted by Crippen LogP contribution is -2.08. The van der Waals surface area contributed by atoms with E-state index in [4.69, 9.17) is 5.11 Å². The first-order valence-electron chi connectivity index (χ1n) is 4.56. The number of nitrogens with one attached hydrogen (secondary N) is 1. The average Bonchev–Trinajstić information content (AvgIpc) is 2.87. The van der Waals surface area contributed by atoms with Crippen molar-refractivity contribution in [1.82, 2.24) is 0 Å². The molecule has 0 aliphatic rings. The zero-order valence-corrected chi connectivity index (χ0v) is 13.4. The molecule has 0 atom stereocenters. The number of hydrogen-bond donors (Lipinski definition) is 2. The Kier molecular flexibility index (Phi) is 4.21. The second kappa shape index (κ2) is 5.52. The van der Waals surface area contributed by atoms with Crippen LogP contribution in [0.5, 0.6) is 0 Å². The Morgan fingerprint density at radius 1 is 1.17 bits per heavy atom. The van der Waals surface area contributed by atoms with Crippen LogP contribution >= 0.6 is 54.5 Å². The van der Waals surface area contributed by atoms with Crippen LogP contribution in [0.3, 0.4) is 0 Å². The Bertz CT molecular complexity index is 601. The van der Waals surface area contributed by atoms with E-state index in [0.29, 0.717) is 9.88 Å². The molecule has 0 fully saturated rings. The van der Waals surface area contributed by atoms with Crippen LogP contribution in [0.15, 0.2) is 26.5 Å². The summed E-state index contributed by atoms with van der Waals surface area (Å²) in [6, 6.07) is 4.74. The number of carbonyl (C=O) groups excluding carboxylic acids is 1. The van der Waals surface area contributed by atoms with Gasteiger partial charge in [-0.3, -0.25) is 4.79 Å². The molecule has 2 aromatic rings. The maximum Gasteiger partial charge on any atom is 0.345 e. The third kappa shape index (κ3) is 3.00. The van der Waals surface area contributed by atoms with E-state index >= 15 is 0 Å². The summed E-state index contributed by atoms with van der Waals surface area (Å²) in [5.41, 5.74) is 0. The molecule has 0 radical (unpaired) electrons. The fraction of sp³-hybridized carbons (Fsp3) is 0. The number of amides is 1. The number of halogens is 2. The number of aromatic carboxylic acids is 1. The minimum Gasteiger partial charge on any atom is -0.477 e. The molecule has 18 heavy (non-hydrogen) atoms. The summed E-state index contributed by atoms with van der Waals surface area (Å²) in [6.07, 6.45) is 0. The van der Waals surface area contributed by atoms with E-state index in [0.717, 1.165) is 19.6 Å². The largest absolute Gasteiger partial charge is 0.477 e. The fourth-order valence-corrected chi connectivity index (χ4v) is 3.82. The lowest BCUT2D eigenvalue weighted by atomic mass is 10.4. The van der Waals surface area contributed by atoms with Crippen molar-refractivity contribution in [3.8, 4) is 0 Å². The number of rotatable bonds is 3. The predicted octanol–water partition coefficient (Wildman–Crippen LogP) is 4.29. The maximum atomic E-state index is 11.9. The predicted molar refractivity (Wildman–Crippen MR) is 79.0 cm³/mol. The van der Waals surface area contributed by atoms with Gasteiger partial charge in [0.15, 0.2) is 0 Å². The van der Waals surface area contributed by atoms with E-state index in [1.165, 1.54) is 17.4 Å². The van der Waals surface area contributed by atoms with Crippen LogP contribution in [0.25, 0.3) is 0 Å². The van der Waals surface area contributed by atoms with Gasteiger partial charge >= 0.3 is 5.97 Å². The van der Waals surface area contributed by atoms with E-state index in [9.17, 15) is 9.59 Å². The van der Waals surface area contributed by atoms with Crippen LogP contribution in [0.2, 0.25) is 0 Å². The van der Waals surface area contributed by atoms with Gasteiger partial charge in [0.1, 0.15) is 4.88 Å². The van der Waals surface area contributed by atoms with Crippen LogP contribution in [0.4, 0.5) is 5.00 Å². The van der Waals surface area contributed by atoms with Crippen molar-refractivity contribution in [2.45, 2.75) is 0 Å². The molecule has 0 saturated carbocycles. The van der Waals surface area contributed by atoms with Gasteiger partial charge in [-0.15, -0.1) is 22.7 Å². The molecule has 1 amide bonds. The summed E-state index contributed by atoms with van der Waals surface area (Å²) in [4.78, 5) is 23.3. The molecule has 0 bridgehead atoms. The minimum absolute atomic E-state index is 0.193. The summed E-state index contributed by atoms with van der Waals surface area (Å²) >= 11 is 8.94. The van der Waals surface area contributed by atoms with Crippen LogP contribution in [-0.4, -0.2) is 17.0 Å². The van der Waals surface area contributed by atoms with Gasteiger partial charge in [0.05, 0.1) is 13.7 Å². The average molecular weight is 411 g/mol. The van der Waals surface area contributed by atoms with Crippen molar-refractivity contribution in [2.75, 3.05) is 5.32 Å². The van der Waals surface area contributed by atoms with Gasteiger partial charge < -0.3 is 10.4 Å². The van der Waals surface area contributed by atoms with E-state index in [1.807, 2.05) is 0 Å². The zero-order valence-electron chi connectivity index (χ0n) is 8.57. The highest BCUT2D eigenvalue weighted by Gasteiger charge is 2.14. The van der Waals surface area contributed by atoms with Crippen molar-refractivity contribution < 1.29 is 14.7 Å². The van der Waals surface area contributed by atoms with E-state index in [1.54, 1.807) is 12.1 Å². The first-order chi connectivity index (χ1) is 8.47. The lowest BCUT2D eigenvalue weighted by Gasteiger charge is -1.98. The molecule has 94 valence electrons. The third-order valence-corrected chi connectivity index (χ3v) is 6.17. The SMILES string of the molecule is O=C(O)c1ccc(NC(=O)c2cc(Br)c(Br)s2)s1. The van der Waals surface area contributed by atoms with Gasteiger partial charge in [0.2, 0.25) is 0 Å². The number of thiophene rings is 2. The Morgan fingerprint density at radius 3 is 2.39 bits per heavy atom. The Balaban J connectivity index is 2.13. The number of carbonyl (C=O) groups is 2. The normalized spacial score (nSPS) is 10.3. The van der Waals surface area contributed by atoms with Crippen LogP contribution < -0.4 is 5.32 Å². The van der Waals surface area contributed by atoms with Gasteiger partial charge in [-0.05, 0) is 50.1 Å². The van der Waals surface area contributed by atoms with Gasteiger partial charge in [-0.1, -0.05) is 0 Å². The smallest absolute Gasteiger partial charge is 0.345 e. The molecule has 2 N–H and O–H groups in total. The highest BCUT2D eigenvalue weighted by atomic mass is 79.9. The van der Waals surface area contributed by atoms with Crippen molar-refractivity contribution in [2.24, 2.45) is 0 Å². The van der Waals surface area contributed by atoms with Crippen LogP contribution in [-0.2, 0) is 0 Å². The number of anilines is 1. The molecule has 0 spiro atoms. The van der Waals surface area contributed by atoms with E-state index < -0.39 is 5.97 Å². The Hall–Kier alpha value is -0.700. The molecular weight excluding hydrogens is 406 g/mol. The van der Waals surface area contributed by atoms with Crippen LogP contribution in [0.1, 0.15) is 19.3 Å². The molecule has 2 rings (SSSR count). The molecular formula is C10H5Br2NO3S2. The highest BCUT2D eigenvalue weighted by molar-refractivity contribution is 9.13. The van der Waals surface area contributed by atoms with Crippen molar-refractivity contribution in [3.05, 3.63) is 36.2 Å². The monoisotopic (exact) mass is 409 g/mol. The molecule has 2 heterocycles. The second-order valence-electron chi connectivity index (χ2n) is 3.16. The Morgan fingerprint density at radius 2 is 1.89 bits per heavy atom. The van der Waals surface area contributed by atoms with Crippen molar-refractivity contribution in [1.29, 1.82) is 0 Å². The highest BCUT2D eigenvalue weighted by Crippen LogP contribution is 2.33. The molecule has 0 aromatic carbocycles. The summed E-state index contributed by atoms with van der Waals surface area (Å²) in [6.45, 7) is 0. The fourth-order valence-electron chi connectivity index (χ4n) is 1.15. The first kappa shape index (κ1) is 13.7. The van der Waals surface area contributed by atoms with Gasteiger partial charge in [0.25, 0.3) is 5.91 Å². The van der Waals surface area contributed by atoms with Gasteiger partial charge in [-0.2, -0.15) is 0 Å². The molecule has 0 unspecified atom stereocenters. The van der Waals surface area contributed by atoms with Gasteiger partial charge in [-0.25, -0.2) is 4.79 Å². The summed E-state index contributed by atoms with van der Waals surface area (Å²) in [5.74, 6) is -1.26. The molecule has 0 aliphatic heterocycles. The number of hydrogen-bond acceptors (Lipinski definition) is 4. The molecule has 0 saturated heterocycles. The standard InChI is InChI=1S/C10H5Br2NO3S2/c11-4-3-6(18-8(4)12)9(14)13-7-2-1-5(17-7)10(15)16/h1-3H,(H,13,14)(H,15,16). The zero-order chi connectivity index (χ0) is 13.3. The summed E-state index contributed by atoms with van der Waals surface area (Å²) < 4.78 is 1.65. The molecule has 8 heteroatoms. The maximum absolute atomic E-state index is 11.9. The van der Waals surface area contributed by atoms with Gasteiger partial charge in [0, 0.05) is 4.47 Å². The second-order valence-corrected chi connectivity index (χ2v) is 7.46. The number of carboxylic acids is 1. The first-order valence-corrected chi connectivity index (χ1v) is 7.78. The third-order valence-electron chi connectivity index (χ3n) is 1.92. The number of carboxylic acid groups (broad SMARTS) is 1. The van der Waals surface area contributed by atoms with E-state index in [-0.39, 0.29) is 10.8 Å². The van der Waals surface area contributed by atoms with Crippen molar-refractivity contribution in [3.63, 3.8) is 0 Å². The molecule has 0 aliphatic carbocycles. The molecule has 2 aromatic heterocycles. The minimum atomic E-state index is -0.998. The summed E-state index contributed by atoms with van der Waals surface area (Å²) in [5, 5.41) is 11.9. The van der Waals surface area contributed by atoms with Crippen LogP contribution in [0, 0.1) is 0 Å². The quantitative estimate of drug-likeness (QED) is 0.793. The van der Waals surface area contributed by atoms with E-state index in [2.05, 4.69) is 37.2 Å². The molecule has 4 nitrogen and oxygen atoms in total. The lowest BCUT2D eigenvalue weighted by molar-refractivity contribution is 0.0702. The Labute approximate surface area is 127 Å². The van der Waals surface area contributed by atoms with Crippen molar-refractivity contribution >= 4 is 71.4 Å². The topological polar surface area (TPSA) is 66.4 Å². The summed E-state index contributed by atoms with van der Waals surface area (Å²) in [7, 11) is 0.